The van der Waals surface area contributed by atoms with Gasteiger partial charge >= 0.3 is 6.18 Å². The fraction of sp³-hybridized carbons (Fsp3) is 0.220. The molecule has 1 atom stereocenters. The van der Waals surface area contributed by atoms with Gasteiger partial charge in [-0.25, -0.2) is 0 Å². The van der Waals surface area contributed by atoms with Gasteiger partial charge in [-0.15, -0.1) is 0 Å². The van der Waals surface area contributed by atoms with Gasteiger partial charge in [0.15, 0.2) is 0 Å². The second kappa shape index (κ2) is 16.4. The van der Waals surface area contributed by atoms with E-state index in [4.69, 9.17) is 0 Å². The molecule has 0 aliphatic carbocycles. The number of hydrogen-bond donors (Lipinski definition) is 0. The number of carbonyl (C=O) groups excluding carboxylic acids is 2. The Morgan fingerprint density at radius 1 is 0.745 bits per heavy atom. The van der Waals surface area contributed by atoms with Gasteiger partial charge in [0.1, 0.15) is 6.04 Å². The lowest BCUT2D eigenvalue weighted by Gasteiger charge is -2.39. The van der Waals surface area contributed by atoms with Gasteiger partial charge in [0.2, 0.25) is 11.8 Å². The van der Waals surface area contributed by atoms with Crippen LogP contribution >= 0.6 is 0 Å². The van der Waals surface area contributed by atoms with Crippen LogP contribution in [0.1, 0.15) is 27.8 Å². The van der Waals surface area contributed by atoms with Crippen molar-refractivity contribution in [2.45, 2.75) is 31.7 Å². The molecule has 1 saturated heterocycles. The van der Waals surface area contributed by atoms with Crippen molar-refractivity contribution >= 4 is 17.9 Å². The van der Waals surface area contributed by atoms with Gasteiger partial charge in [-0.05, 0) is 64.7 Å². The third-order valence-electron chi connectivity index (χ3n) is 8.98. The molecule has 5 aromatic rings. The van der Waals surface area contributed by atoms with Crippen LogP contribution in [0, 0.1) is 0 Å². The lowest BCUT2D eigenvalue weighted by molar-refractivity contribution is -0.145. The zero-order valence-corrected chi connectivity index (χ0v) is 28.0. The molecular formula is C41H38F3N5O2. The van der Waals surface area contributed by atoms with E-state index in [1.54, 1.807) is 23.5 Å². The van der Waals surface area contributed by atoms with Gasteiger partial charge in [0, 0.05) is 75.9 Å². The standard InChI is InChI=1S/C41H38F3N5O2/c42-41(43,44)36-16-11-31(12-17-36)13-18-39(50)49(30-34-9-14-35(15-10-34)37-8-4-5-21-46-37)38(28-32-19-22-45-23-20-32)40(51)48-26-24-47(25-27-48)29-33-6-2-1-3-7-33/h1-23,38H,24-30H2/t38-/m0/s1. The molecule has 1 aliphatic heterocycles. The normalized spacial score (nSPS) is 14.4. The molecule has 0 radical (unpaired) electrons. The molecular weight excluding hydrogens is 651 g/mol. The minimum atomic E-state index is -4.46. The molecule has 6 rings (SSSR count). The number of carbonyl (C=O) groups is 2. The number of hydrogen-bond acceptors (Lipinski definition) is 5. The van der Waals surface area contributed by atoms with Crippen molar-refractivity contribution in [2.75, 3.05) is 26.2 Å². The maximum atomic E-state index is 14.5. The van der Waals surface area contributed by atoms with Crippen LogP contribution in [0.5, 0.6) is 0 Å². The molecule has 0 saturated carbocycles. The van der Waals surface area contributed by atoms with Crippen molar-refractivity contribution in [3.63, 3.8) is 0 Å². The number of aromatic nitrogens is 2. The molecule has 10 heteroatoms. The number of halogens is 3. The molecule has 3 heterocycles. The summed E-state index contributed by atoms with van der Waals surface area (Å²) in [6, 6.07) is 31.0. The van der Waals surface area contributed by atoms with Crippen LogP contribution in [0.3, 0.4) is 0 Å². The molecule has 0 bridgehead atoms. The highest BCUT2D eigenvalue weighted by Gasteiger charge is 2.34. The van der Waals surface area contributed by atoms with Crippen LogP contribution < -0.4 is 0 Å². The number of piperazine rings is 1. The van der Waals surface area contributed by atoms with Crippen LogP contribution in [-0.2, 0) is 35.3 Å². The third-order valence-corrected chi connectivity index (χ3v) is 8.98. The quantitative estimate of drug-likeness (QED) is 0.138. The minimum Gasteiger partial charge on any atom is -0.338 e. The molecule has 0 spiro atoms. The molecule has 2 amide bonds. The first kappa shape index (κ1) is 35.2. The summed E-state index contributed by atoms with van der Waals surface area (Å²) in [4.78, 5) is 42.9. The maximum Gasteiger partial charge on any atom is 0.416 e. The molecule has 7 nitrogen and oxygen atoms in total. The molecule has 0 unspecified atom stereocenters. The zero-order chi connectivity index (χ0) is 35.6. The predicted octanol–water partition coefficient (Wildman–Crippen LogP) is 7.16. The highest BCUT2D eigenvalue weighted by Crippen LogP contribution is 2.29. The Bertz CT molecular complexity index is 1900. The van der Waals surface area contributed by atoms with E-state index in [0.29, 0.717) is 31.7 Å². The number of pyridine rings is 2. The summed E-state index contributed by atoms with van der Waals surface area (Å²) >= 11 is 0. The van der Waals surface area contributed by atoms with Gasteiger partial charge in [-0.3, -0.25) is 24.5 Å². The first-order valence-electron chi connectivity index (χ1n) is 16.8. The maximum absolute atomic E-state index is 14.5. The number of nitrogens with zero attached hydrogens (tertiary/aromatic N) is 5. The molecule has 0 N–H and O–H groups in total. The second-order valence-electron chi connectivity index (χ2n) is 12.5. The van der Waals surface area contributed by atoms with Crippen molar-refractivity contribution in [3.05, 3.63) is 162 Å². The average molecular weight is 690 g/mol. The van der Waals surface area contributed by atoms with Gasteiger partial charge in [0.25, 0.3) is 0 Å². The van der Waals surface area contributed by atoms with Gasteiger partial charge < -0.3 is 9.80 Å². The van der Waals surface area contributed by atoms with E-state index in [0.717, 1.165) is 41.1 Å². The van der Waals surface area contributed by atoms with E-state index in [1.165, 1.54) is 29.8 Å². The van der Waals surface area contributed by atoms with Crippen molar-refractivity contribution in [1.82, 2.24) is 24.7 Å². The van der Waals surface area contributed by atoms with Crippen molar-refractivity contribution < 1.29 is 22.8 Å². The van der Waals surface area contributed by atoms with Gasteiger partial charge in [-0.1, -0.05) is 72.8 Å². The molecule has 51 heavy (non-hydrogen) atoms. The van der Waals surface area contributed by atoms with E-state index in [2.05, 4.69) is 27.0 Å². The van der Waals surface area contributed by atoms with Crippen LogP contribution in [-0.4, -0.2) is 68.7 Å². The van der Waals surface area contributed by atoms with Crippen LogP contribution in [0.2, 0.25) is 0 Å². The van der Waals surface area contributed by atoms with Crippen molar-refractivity contribution in [3.8, 4) is 11.3 Å². The van der Waals surface area contributed by atoms with E-state index in [9.17, 15) is 22.8 Å². The van der Waals surface area contributed by atoms with E-state index >= 15 is 0 Å². The minimum absolute atomic E-state index is 0.133. The van der Waals surface area contributed by atoms with Gasteiger partial charge in [0.05, 0.1) is 11.3 Å². The molecule has 3 aromatic carbocycles. The lowest BCUT2D eigenvalue weighted by Crippen LogP contribution is -2.56. The Balaban J connectivity index is 1.28. The summed E-state index contributed by atoms with van der Waals surface area (Å²) in [6.45, 7) is 3.34. The smallest absolute Gasteiger partial charge is 0.338 e. The van der Waals surface area contributed by atoms with Crippen LogP contribution in [0.15, 0.2) is 134 Å². The fourth-order valence-corrected chi connectivity index (χ4v) is 6.15. The highest BCUT2D eigenvalue weighted by molar-refractivity contribution is 5.95. The highest BCUT2D eigenvalue weighted by atomic mass is 19.4. The average Bonchev–Trinajstić information content (AvgIpc) is 3.16. The number of rotatable bonds is 11. The molecule has 1 fully saturated rings. The number of amides is 2. The second-order valence-corrected chi connectivity index (χ2v) is 12.5. The summed E-state index contributed by atoms with van der Waals surface area (Å²) < 4.78 is 39.5. The summed E-state index contributed by atoms with van der Waals surface area (Å²) in [5.41, 5.74) is 4.26. The number of benzene rings is 3. The summed E-state index contributed by atoms with van der Waals surface area (Å²) in [7, 11) is 0. The lowest BCUT2D eigenvalue weighted by atomic mass is 10.0. The predicted molar refractivity (Wildman–Crippen MR) is 191 cm³/mol. The van der Waals surface area contributed by atoms with Crippen molar-refractivity contribution in [1.29, 1.82) is 0 Å². The van der Waals surface area contributed by atoms with Crippen molar-refractivity contribution in [2.24, 2.45) is 0 Å². The monoisotopic (exact) mass is 689 g/mol. The largest absolute Gasteiger partial charge is 0.416 e. The molecule has 2 aromatic heterocycles. The first-order chi connectivity index (χ1) is 24.7. The molecule has 260 valence electrons. The summed E-state index contributed by atoms with van der Waals surface area (Å²) in [5, 5.41) is 0. The Morgan fingerprint density at radius 2 is 1.43 bits per heavy atom. The van der Waals surface area contributed by atoms with Crippen LogP contribution in [0.4, 0.5) is 13.2 Å². The topological polar surface area (TPSA) is 69.6 Å². The van der Waals surface area contributed by atoms with Crippen LogP contribution in [0.25, 0.3) is 17.3 Å². The summed E-state index contributed by atoms with van der Waals surface area (Å²) in [5.74, 6) is -0.591. The van der Waals surface area contributed by atoms with E-state index in [-0.39, 0.29) is 18.9 Å². The zero-order valence-electron chi connectivity index (χ0n) is 28.0. The fourth-order valence-electron chi connectivity index (χ4n) is 6.15. The first-order valence-corrected chi connectivity index (χ1v) is 16.8. The Hall–Kier alpha value is -5.61. The SMILES string of the molecule is O=C([C@H](Cc1ccncc1)N(Cc1ccc(-c2ccccn2)cc1)C(=O)C=Cc1ccc(C(F)(F)F)cc1)N1CCN(Cc2ccccc2)CC1. The van der Waals surface area contributed by atoms with Gasteiger partial charge in [-0.2, -0.15) is 13.2 Å². The van der Waals surface area contributed by atoms with E-state index in [1.807, 2.05) is 77.7 Å². The Kier molecular flexibility index (Phi) is 11.3. The number of alkyl halides is 3. The Morgan fingerprint density at radius 3 is 2.08 bits per heavy atom. The van der Waals surface area contributed by atoms with E-state index < -0.39 is 23.7 Å². The summed E-state index contributed by atoms with van der Waals surface area (Å²) in [6.07, 6.45) is 3.65. The Labute approximate surface area is 295 Å². The third kappa shape index (κ3) is 9.55. The molecule has 1 aliphatic rings.